The standard InChI is InChI=1S/C11H24N2O2.ClH/c1-4-5-6-10(7-12)13-11(14)8-15-9(2)3;/h9-10H,4-8,12H2,1-3H3,(H,13,14);1H. The van der Waals surface area contributed by atoms with Gasteiger partial charge in [-0.3, -0.25) is 4.79 Å². The Bertz CT molecular complexity index is 177. The Kier molecular flexibility index (Phi) is 12.6. The number of amides is 1. The van der Waals surface area contributed by atoms with Gasteiger partial charge in [0.15, 0.2) is 0 Å². The van der Waals surface area contributed by atoms with Crippen LogP contribution < -0.4 is 11.1 Å². The molecule has 0 radical (unpaired) electrons. The van der Waals surface area contributed by atoms with Crippen LogP contribution in [0.2, 0.25) is 0 Å². The highest BCUT2D eigenvalue weighted by atomic mass is 35.5. The van der Waals surface area contributed by atoms with Crippen molar-refractivity contribution in [1.29, 1.82) is 0 Å². The first-order valence-electron chi connectivity index (χ1n) is 5.71. The van der Waals surface area contributed by atoms with E-state index in [1.807, 2.05) is 13.8 Å². The van der Waals surface area contributed by atoms with Crippen LogP contribution in [-0.2, 0) is 9.53 Å². The molecule has 0 spiro atoms. The Morgan fingerprint density at radius 2 is 2.06 bits per heavy atom. The van der Waals surface area contributed by atoms with Crippen molar-refractivity contribution in [2.45, 2.75) is 52.2 Å². The predicted molar refractivity (Wildman–Crippen MR) is 68.8 cm³/mol. The number of carbonyl (C=O) groups is 1. The molecule has 1 atom stereocenters. The lowest BCUT2D eigenvalue weighted by molar-refractivity contribution is -0.127. The number of unbranched alkanes of at least 4 members (excludes halogenated alkanes) is 1. The van der Waals surface area contributed by atoms with E-state index in [9.17, 15) is 4.79 Å². The summed E-state index contributed by atoms with van der Waals surface area (Å²) >= 11 is 0. The van der Waals surface area contributed by atoms with Crippen LogP contribution in [0.25, 0.3) is 0 Å². The minimum Gasteiger partial charge on any atom is -0.369 e. The van der Waals surface area contributed by atoms with Gasteiger partial charge in [-0.1, -0.05) is 19.8 Å². The lowest BCUT2D eigenvalue weighted by atomic mass is 10.1. The van der Waals surface area contributed by atoms with Crippen LogP contribution in [0.4, 0.5) is 0 Å². The minimum atomic E-state index is -0.0738. The van der Waals surface area contributed by atoms with Crippen molar-refractivity contribution in [1.82, 2.24) is 5.32 Å². The fraction of sp³-hybridized carbons (Fsp3) is 0.909. The van der Waals surface area contributed by atoms with E-state index in [-0.39, 0.29) is 37.1 Å². The topological polar surface area (TPSA) is 64.3 Å². The van der Waals surface area contributed by atoms with Crippen LogP contribution in [0.15, 0.2) is 0 Å². The van der Waals surface area contributed by atoms with Crippen molar-refractivity contribution in [2.75, 3.05) is 13.2 Å². The minimum absolute atomic E-state index is 0. The summed E-state index contributed by atoms with van der Waals surface area (Å²) in [5.41, 5.74) is 5.56. The van der Waals surface area contributed by atoms with Crippen LogP contribution in [0.1, 0.15) is 40.0 Å². The van der Waals surface area contributed by atoms with E-state index in [2.05, 4.69) is 12.2 Å². The summed E-state index contributed by atoms with van der Waals surface area (Å²) in [5, 5.41) is 2.87. The number of rotatable bonds is 8. The van der Waals surface area contributed by atoms with Gasteiger partial charge in [0.05, 0.1) is 6.10 Å². The lowest BCUT2D eigenvalue weighted by Gasteiger charge is -2.17. The number of halogens is 1. The number of hydrogen-bond donors (Lipinski definition) is 2. The fourth-order valence-electron chi connectivity index (χ4n) is 1.21. The van der Waals surface area contributed by atoms with Crippen LogP contribution >= 0.6 is 12.4 Å². The first-order valence-corrected chi connectivity index (χ1v) is 5.71. The summed E-state index contributed by atoms with van der Waals surface area (Å²) in [7, 11) is 0. The third kappa shape index (κ3) is 10.2. The Hall–Kier alpha value is -0.320. The van der Waals surface area contributed by atoms with Crippen LogP contribution in [0.3, 0.4) is 0 Å². The molecule has 0 bridgehead atoms. The first kappa shape index (κ1) is 18.1. The maximum atomic E-state index is 11.4. The average molecular weight is 253 g/mol. The quantitative estimate of drug-likeness (QED) is 0.688. The average Bonchev–Trinajstić information content (AvgIpc) is 2.21. The van der Waals surface area contributed by atoms with Crippen molar-refractivity contribution in [3.8, 4) is 0 Å². The van der Waals surface area contributed by atoms with Gasteiger partial charge in [-0.05, 0) is 20.3 Å². The van der Waals surface area contributed by atoms with Crippen LogP contribution in [-0.4, -0.2) is 31.2 Å². The summed E-state index contributed by atoms with van der Waals surface area (Å²) in [5.74, 6) is -0.0738. The lowest BCUT2D eigenvalue weighted by Crippen LogP contribution is -2.42. The molecule has 0 rings (SSSR count). The summed E-state index contributed by atoms with van der Waals surface area (Å²) in [6, 6.07) is 0.0909. The maximum Gasteiger partial charge on any atom is 0.246 e. The zero-order valence-corrected chi connectivity index (χ0v) is 11.3. The van der Waals surface area contributed by atoms with E-state index in [1.54, 1.807) is 0 Å². The molecular weight excluding hydrogens is 228 g/mol. The highest BCUT2D eigenvalue weighted by Crippen LogP contribution is 1.99. The van der Waals surface area contributed by atoms with E-state index in [1.165, 1.54) is 0 Å². The number of carbonyl (C=O) groups excluding carboxylic acids is 1. The molecule has 0 fully saturated rings. The fourth-order valence-corrected chi connectivity index (χ4v) is 1.21. The third-order valence-corrected chi connectivity index (χ3v) is 2.10. The molecule has 0 aromatic rings. The Morgan fingerprint density at radius 3 is 2.50 bits per heavy atom. The van der Waals surface area contributed by atoms with Crippen molar-refractivity contribution >= 4 is 18.3 Å². The van der Waals surface area contributed by atoms with E-state index in [4.69, 9.17) is 10.5 Å². The van der Waals surface area contributed by atoms with Crippen LogP contribution in [0.5, 0.6) is 0 Å². The number of nitrogens with two attached hydrogens (primary N) is 1. The highest BCUT2D eigenvalue weighted by molar-refractivity contribution is 5.85. The SMILES string of the molecule is CCCCC(CN)NC(=O)COC(C)C.Cl. The summed E-state index contributed by atoms with van der Waals surface area (Å²) in [4.78, 5) is 11.4. The first-order chi connectivity index (χ1) is 7.10. The van der Waals surface area contributed by atoms with Gasteiger partial charge >= 0.3 is 0 Å². The van der Waals surface area contributed by atoms with Gasteiger partial charge in [-0.25, -0.2) is 0 Å². The molecule has 0 aliphatic heterocycles. The second-order valence-electron chi connectivity index (χ2n) is 4.00. The second kappa shape index (κ2) is 11.2. The Balaban J connectivity index is 0. The van der Waals surface area contributed by atoms with Crippen molar-refractivity contribution in [2.24, 2.45) is 5.73 Å². The molecule has 1 amide bonds. The van der Waals surface area contributed by atoms with Crippen molar-refractivity contribution < 1.29 is 9.53 Å². The van der Waals surface area contributed by atoms with Crippen molar-refractivity contribution in [3.05, 3.63) is 0 Å². The van der Waals surface area contributed by atoms with Gasteiger partial charge in [0, 0.05) is 12.6 Å². The van der Waals surface area contributed by atoms with Gasteiger partial charge in [-0.15, -0.1) is 12.4 Å². The monoisotopic (exact) mass is 252 g/mol. The van der Waals surface area contributed by atoms with Gasteiger partial charge in [0.2, 0.25) is 5.91 Å². The van der Waals surface area contributed by atoms with E-state index in [0.29, 0.717) is 6.54 Å². The molecule has 0 saturated carbocycles. The van der Waals surface area contributed by atoms with E-state index < -0.39 is 0 Å². The number of nitrogens with one attached hydrogen (secondary N) is 1. The van der Waals surface area contributed by atoms with Gasteiger partial charge in [-0.2, -0.15) is 0 Å². The summed E-state index contributed by atoms with van der Waals surface area (Å²) < 4.78 is 5.20. The molecule has 16 heavy (non-hydrogen) atoms. The number of ether oxygens (including phenoxy) is 1. The molecule has 5 heteroatoms. The molecule has 3 N–H and O–H groups in total. The Morgan fingerprint density at radius 1 is 1.44 bits per heavy atom. The van der Waals surface area contributed by atoms with Gasteiger partial charge in [0.1, 0.15) is 6.61 Å². The third-order valence-electron chi connectivity index (χ3n) is 2.10. The maximum absolute atomic E-state index is 11.4. The highest BCUT2D eigenvalue weighted by Gasteiger charge is 2.10. The number of hydrogen-bond acceptors (Lipinski definition) is 3. The zero-order valence-electron chi connectivity index (χ0n) is 10.5. The molecule has 0 aliphatic carbocycles. The molecule has 0 aromatic carbocycles. The predicted octanol–water partition coefficient (Wildman–Crippen LogP) is 1.47. The summed E-state index contributed by atoms with van der Waals surface area (Å²) in [6.45, 7) is 6.56. The smallest absolute Gasteiger partial charge is 0.246 e. The molecular formula is C11H25ClN2O2. The molecule has 0 saturated heterocycles. The normalized spacial score (nSPS) is 12.1. The van der Waals surface area contributed by atoms with Crippen LogP contribution in [0, 0.1) is 0 Å². The Labute approximate surface area is 105 Å². The van der Waals surface area contributed by atoms with Gasteiger partial charge in [0.25, 0.3) is 0 Å². The van der Waals surface area contributed by atoms with E-state index in [0.717, 1.165) is 19.3 Å². The zero-order chi connectivity index (χ0) is 11.7. The molecule has 0 heterocycles. The molecule has 4 nitrogen and oxygen atoms in total. The molecule has 98 valence electrons. The van der Waals surface area contributed by atoms with Crippen molar-refractivity contribution in [3.63, 3.8) is 0 Å². The van der Waals surface area contributed by atoms with Gasteiger partial charge < -0.3 is 15.8 Å². The molecule has 1 unspecified atom stereocenters. The molecule has 0 aliphatic rings. The van der Waals surface area contributed by atoms with E-state index >= 15 is 0 Å². The molecule has 0 aromatic heterocycles. The second-order valence-corrected chi connectivity index (χ2v) is 4.00. The largest absolute Gasteiger partial charge is 0.369 e. The summed E-state index contributed by atoms with van der Waals surface area (Å²) in [6.07, 6.45) is 3.24.